The van der Waals surface area contributed by atoms with Gasteiger partial charge in [-0.15, -0.1) is 0 Å². The van der Waals surface area contributed by atoms with Gasteiger partial charge in [-0.05, 0) is 22.0 Å². The van der Waals surface area contributed by atoms with Crippen LogP contribution in [-0.4, -0.2) is 9.78 Å². The Morgan fingerprint density at radius 1 is 1.47 bits per heavy atom. The average Bonchev–Trinajstić information content (AvgIpc) is 2.73. The normalized spacial score (nSPS) is 10.5. The highest BCUT2D eigenvalue weighted by molar-refractivity contribution is 9.10. The van der Waals surface area contributed by atoms with Crippen molar-refractivity contribution in [1.29, 1.82) is 0 Å². The lowest BCUT2D eigenvalue weighted by Gasteiger charge is -2.11. The van der Waals surface area contributed by atoms with Crippen molar-refractivity contribution in [3.63, 3.8) is 0 Å². The standard InChI is InChI=1S/C12H14BrN3O/c1-16-7-9(6-15-16)8-17-12-10(5-14)3-2-4-11(12)13/h2-4,6-7H,5,8,14H2,1H3. The van der Waals surface area contributed by atoms with E-state index < -0.39 is 0 Å². The van der Waals surface area contributed by atoms with E-state index in [9.17, 15) is 0 Å². The van der Waals surface area contributed by atoms with Crippen molar-refractivity contribution in [2.45, 2.75) is 13.2 Å². The maximum absolute atomic E-state index is 5.78. The molecule has 0 amide bonds. The van der Waals surface area contributed by atoms with Crippen LogP contribution in [-0.2, 0) is 20.2 Å². The van der Waals surface area contributed by atoms with Crippen LogP contribution in [0.2, 0.25) is 0 Å². The van der Waals surface area contributed by atoms with Gasteiger partial charge in [-0.2, -0.15) is 5.10 Å². The first kappa shape index (κ1) is 12.1. The second kappa shape index (κ2) is 5.33. The van der Waals surface area contributed by atoms with E-state index in [4.69, 9.17) is 10.5 Å². The Bertz CT molecular complexity index is 510. The summed E-state index contributed by atoms with van der Waals surface area (Å²) in [5, 5.41) is 4.09. The van der Waals surface area contributed by atoms with Gasteiger partial charge in [-0.3, -0.25) is 4.68 Å². The molecule has 0 saturated carbocycles. The fraction of sp³-hybridized carbons (Fsp3) is 0.250. The van der Waals surface area contributed by atoms with Crippen LogP contribution in [0.1, 0.15) is 11.1 Å². The Labute approximate surface area is 109 Å². The number of hydrogen-bond donors (Lipinski definition) is 1. The Morgan fingerprint density at radius 2 is 2.29 bits per heavy atom. The van der Waals surface area contributed by atoms with Crippen molar-refractivity contribution < 1.29 is 4.74 Å². The fourth-order valence-corrected chi connectivity index (χ4v) is 2.10. The second-order valence-corrected chi connectivity index (χ2v) is 4.60. The number of halogens is 1. The van der Waals surface area contributed by atoms with Gasteiger partial charge in [-0.25, -0.2) is 0 Å². The number of rotatable bonds is 4. The zero-order chi connectivity index (χ0) is 12.3. The van der Waals surface area contributed by atoms with Crippen LogP contribution in [0.3, 0.4) is 0 Å². The number of nitrogens with zero attached hydrogens (tertiary/aromatic N) is 2. The maximum Gasteiger partial charge on any atom is 0.138 e. The highest BCUT2D eigenvalue weighted by Gasteiger charge is 2.07. The number of benzene rings is 1. The quantitative estimate of drug-likeness (QED) is 0.941. The number of ether oxygens (including phenoxy) is 1. The lowest BCUT2D eigenvalue weighted by molar-refractivity contribution is 0.301. The maximum atomic E-state index is 5.78. The number of para-hydroxylation sites is 1. The van der Waals surface area contributed by atoms with Crippen LogP contribution in [0.5, 0.6) is 5.75 Å². The highest BCUT2D eigenvalue weighted by atomic mass is 79.9. The summed E-state index contributed by atoms with van der Waals surface area (Å²) in [4.78, 5) is 0. The molecular formula is C12H14BrN3O. The van der Waals surface area contributed by atoms with Crippen LogP contribution < -0.4 is 10.5 Å². The molecule has 90 valence electrons. The Balaban J connectivity index is 2.13. The minimum atomic E-state index is 0.460. The predicted octanol–water partition coefficient (Wildman–Crippen LogP) is 2.22. The van der Waals surface area contributed by atoms with Crippen LogP contribution in [0, 0.1) is 0 Å². The number of aryl methyl sites for hydroxylation is 1. The SMILES string of the molecule is Cn1cc(COc2c(Br)cccc2CN)cn1. The fourth-order valence-electron chi connectivity index (χ4n) is 1.58. The van der Waals surface area contributed by atoms with Gasteiger partial charge in [0.05, 0.1) is 10.7 Å². The number of hydrogen-bond acceptors (Lipinski definition) is 3. The van der Waals surface area contributed by atoms with Crippen molar-refractivity contribution in [3.05, 3.63) is 46.2 Å². The zero-order valence-corrected chi connectivity index (χ0v) is 11.1. The van der Waals surface area contributed by atoms with Gasteiger partial charge in [0.25, 0.3) is 0 Å². The van der Waals surface area contributed by atoms with E-state index in [-0.39, 0.29) is 0 Å². The summed E-state index contributed by atoms with van der Waals surface area (Å²) in [5.74, 6) is 0.804. The summed E-state index contributed by atoms with van der Waals surface area (Å²) >= 11 is 3.47. The predicted molar refractivity (Wildman–Crippen MR) is 69.6 cm³/mol. The minimum Gasteiger partial charge on any atom is -0.487 e. The van der Waals surface area contributed by atoms with E-state index in [1.165, 1.54) is 0 Å². The molecular weight excluding hydrogens is 282 g/mol. The third-order valence-electron chi connectivity index (χ3n) is 2.41. The smallest absolute Gasteiger partial charge is 0.138 e. The first-order chi connectivity index (χ1) is 8.20. The zero-order valence-electron chi connectivity index (χ0n) is 9.56. The summed E-state index contributed by atoms with van der Waals surface area (Å²) in [6.07, 6.45) is 3.72. The summed E-state index contributed by atoms with van der Waals surface area (Å²) < 4.78 is 8.45. The molecule has 1 aromatic carbocycles. The first-order valence-electron chi connectivity index (χ1n) is 5.28. The molecule has 0 fully saturated rings. The largest absolute Gasteiger partial charge is 0.487 e. The van der Waals surface area contributed by atoms with Crippen LogP contribution in [0.25, 0.3) is 0 Å². The molecule has 2 N–H and O–H groups in total. The van der Waals surface area contributed by atoms with Crippen LogP contribution >= 0.6 is 15.9 Å². The molecule has 17 heavy (non-hydrogen) atoms. The average molecular weight is 296 g/mol. The molecule has 5 heteroatoms. The lowest BCUT2D eigenvalue weighted by atomic mass is 10.2. The van der Waals surface area contributed by atoms with Crippen molar-refractivity contribution in [2.24, 2.45) is 12.8 Å². The molecule has 0 spiro atoms. The highest BCUT2D eigenvalue weighted by Crippen LogP contribution is 2.29. The monoisotopic (exact) mass is 295 g/mol. The third kappa shape index (κ3) is 2.87. The van der Waals surface area contributed by atoms with Gasteiger partial charge in [0, 0.05) is 30.9 Å². The molecule has 1 aromatic heterocycles. The molecule has 4 nitrogen and oxygen atoms in total. The Hall–Kier alpha value is -1.33. The molecule has 0 aliphatic carbocycles. The topological polar surface area (TPSA) is 53.1 Å². The molecule has 1 heterocycles. The summed E-state index contributed by atoms with van der Waals surface area (Å²) in [7, 11) is 1.88. The molecule has 0 saturated heterocycles. The van der Waals surface area contributed by atoms with E-state index in [2.05, 4.69) is 21.0 Å². The van der Waals surface area contributed by atoms with E-state index in [0.29, 0.717) is 13.2 Å². The van der Waals surface area contributed by atoms with Gasteiger partial charge in [0.2, 0.25) is 0 Å². The van der Waals surface area contributed by atoms with Crippen molar-refractivity contribution in [1.82, 2.24) is 9.78 Å². The van der Waals surface area contributed by atoms with E-state index in [0.717, 1.165) is 21.3 Å². The molecule has 0 unspecified atom stereocenters. The summed E-state index contributed by atoms with van der Waals surface area (Å²) in [6, 6.07) is 5.85. The Morgan fingerprint density at radius 3 is 2.94 bits per heavy atom. The minimum absolute atomic E-state index is 0.460. The second-order valence-electron chi connectivity index (χ2n) is 3.74. The molecule has 2 rings (SSSR count). The van der Waals surface area contributed by atoms with Gasteiger partial charge >= 0.3 is 0 Å². The first-order valence-corrected chi connectivity index (χ1v) is 6.08. The van der Waals surface area contributed by atoms with Crippen molar-refractivity contribution in [3.8, 4) is 5.75 Å². The van der Waals surface area contributed by atoms with Crippen LogP contribution in [0.15, 0.2) is 35.1 Å². The molecule has 0 aliphatic heterocycles. The molecule has 0 aliphatic rings. The Kier molecular flexibility index (Phi) is 3.81. The molecule has 0 atom stereocenters. The van der Waals surface area contributed by atoms with Gasteiger partial charge in [-0.1, -0.05) is 12.1 Å². The number of nitrogens with two attached hydrogens (primary N) is 1. The van der Waals surface area contributed by atoms with E-state index >= 15 is 0 Å². The van der Waals surface area contributed by atoms with Gasteiger partial charge < -0.3 is 10.5 Å². The van der Waals surface area contributed by atoms with Gasteiger partial charge in [0.15, 0.2) is 0 Å². The van der Waals surface area contributed by atoms with Crippen LogP contribution in [0.4, 0.5) is 0 Å². The summed E-state index contributed by atoms with van der Waals surface area (Å²) in [5.41, 5.74) is 7.70. The van der Waals surface area contributed by atoms with E-state index in [1.807, 2.05) is 31.4 Å². The molecule has 0 radical (unpaired) electrons. The number of aromatic nitrogens is 2. The van der Waals surface area contributed by atoms with E-state index in [1.54, 1.807) is 10.9 Å². The molecule has 0 bridgehead atoms. The lowest BCUT2D eigenvalue weighted by Crippen LogP contribution is -2.03. The third-order valence-corrected chi connectivity index (χ3v) is 3.03. The molecule has 2 aromatic rings. The van der Waals surface area contributed by atoms with Crippen molar-refractivity contribution in [2.75, 3.05) is 0 Å². The summed E-state index contributed by atoms with van der Waals surface area (Å²) in [6.45, 7) is 0.950. The van der Waals surface area contributed by atoms with Crippen molar-refractivity contribution >= 4 is 15.9 Å². The van der Waals surface area contributed by atoms with Gasteiger partial charge in [0.1, 0.15) is 12.4 Å².